The number of thiophene rings is 1. The zero-order chi connectivity index (χ0) is 33.5. The molecule has 0 radical (unpaired) electrons. The number of para-hydroxylation sites is 2. The number of rotatable bonds is 4. The monoisotopic (exact) mass is 670 g/mol. The van der Waals surface area contributed by atoms with Crippen molar-refractivity contribution in [1.82, 2.24) is 14.5 Å². The summed E-state index contributed by atoms with van der Waals surface area (Å²) in [5.41, 5.74) is 10.1. The van der Waals surface area contributed by atoms with Gasteiger partial charge in [-0.25, -0.2) is 4.99 Å². The fourth-order valence-electron chi connectivity index (χ4n) is 8.08. The molecule has 1 N–H and O–H groups in total. The molecule has 240 valence electrons. The molecular weight excluding hydrogens is 641 g/mol. The number of hydrogen-bond acceptors (Lipinski definition) is 3. The van der Waals surface area contributed by atoms with E-state index in [2.05, 4.69) is 184 Å². The van der Waals surface area contributed by atoms with E-state index in [0.717, 1.165) is 39.3 Å². The molecule has 1 atom stereocenters. The first-order valence-electron chi connectivity index (χ1n) is 17.3. The maximum Gasteiger partial charge on any atom is 0.201 e. The Balaban J connectivity index is 1.24. The molecule has 0 bridgehead atoms. The van der Waals surface area contributed by atoms with Crippen LogP contribution in [0.5, 0.6) is 0 Å². The van der Waals surface area contributed by atoms with Crippen LogP contribution in [0.25, 0.3) is 75.2 Å². The summed E-state index contributed by atoms with van der Waals surface area (Å²) in [6.45, 7) is 0. The normalized spacial score (nSPS) is 14.9. The van der Waals surface area contributed by atoms with E-state index in [9.17, 15) is 0 Å². The van der Waals surface area contributed by atoms with E-state index < -0.39 is 0 Å². The lowest BCUT2D eigenvalue weighted by Crippen LogP contribution is -2.29. The summed E-state index contributed by atoms with van der Waals surface area (Å²) in [6, 6.07) is 58.9. The molecule has 3 aromatic heterocycles. The number of nitrogens with zero attached hydrogens (tertiary/aromatic N) is 3. The predicted molar refractivity (Wildman–Crippen MR) is 216 cm³/mol. The average Bonchev–Trinajstić information content (AvgIpc) is 3.85. The molecule has 0 saturated carbocycles. The van der Waals surface area contributed by atoms with Gasteiger partial charge in [-0.05, 0) is 59.7 Å². The van der Waals surface area contributed by atoms with Crippen molar-refractivity contribution < 1.29 is 0 Å². The summed E-state index contributed by atoms with van der Waals surface area (Å²) in [4.78, 5) is 5.43. The molecule has 0 amide bonds. The SMILES string of the molecule is C1=C(c2ccccc2)NC(n2c3ccccc3c3cc4c5c6sc7ccccc7c6ccc5n(-c5ccccc5)c4cc32)N=C1c1ccccc1. The quantitative estimate of drug-likeness (QED) is 0.199. The van der Waals surface area contributed by atoms with Crippen LogP contribution in [-0.2, 0) is 0 Å². The van der Waals surface area contributed by atoms with E-state index in [1.165, 1.54) is 52.8 Å². The van der Waals surface area contributed by atoms with Crippen LogP contribution >= 0.6 is 11.3 Å². The fraction of sp³-hybridized carbons (Fsp3) is 0.0217. The van der Waals surface area contributed by atoms with E-state index in [4.69, 9.17) is 4.99 Å². The zero-order valence-electron chi connectivity index (χ0n) is 27.5. The highest BCUT2D eigenvalue weighted by Crippen LogP contribution is 2.45. The van der Waals surface area contributed by atoms with Gasteiger partial charge in [0, 0.05) is 53.1 Å². The first-order chi connectivity index (χ1) is 25.3. The summed E-state index contributed by atoms with van der Waals surface area (Å²) in [6.07, 6.45) is 1.81. The predicted octanol–water partition coefficient (Wildman–Crippen LogP) is 11.8. The Morgan fingerprint density at radius 2 is 1.20 bits per heavy atom. The van der Waals surface area contributed by atoms with Crippen molar-refractivity contribution in [3.8, 4) is 5.69 Å². The van der Waals surface area contributed by atoms with Gasteiger partial charge < -0.3 is 14.5 Å². The molecule has 1 unspecified atom stereocenters. The molecule has 0 aliphatic carbocycles. The highest BCUT2D eigenvalue weighted by Gasteiger charge is 2.25. The van der Waals surface area contributed by atoms with Gasteiger partial charge in [-0.1, -0.05) is 121 Å². The first-order valence-corrected chi connectivity index (χ1v) is 18.2. The minimum atomic E-state index is -0.371. The highest BCUT2D eigenvalue weighted by molar-refractivity contribution is 7.26. The second kappa shape index (κ2) is 11.0. The summed E-state index contributed by atoms with van der Waals surface area (Å²) in [5, 5.41) is 11.5. The van der Waals surface area contributed by atoms with Gasteiger partial charge in [0.2, 0.25) is 6.29 Å². The van der Waals surface area contributed by atoms with Crippen LogP contribution in [0.3, 0.4) is 0 Å². The van der Waals surface area contributed by atoms with Crippen LogP contribution in [0.2, 0.25) is 0 Å². The molecule has 0 saturated heterocycles. The van der Waals surface area contributed by atoms with E-state index in [0.29, 0.717) is 0 Å². The Kier molecular flexibility index (Phi) is 6.15. The van der Waals surface area contributed by atoms with E-state index in [-0.39, 0.29) is 6.29 Å². The molecule has 51 heavy (non-hydrogen) atoms. The van der Waals surface area contributed by atoms with Gasteiger partial charge in [-0.2, -0.15) is 0 Å². The number of benzene rings is 7. The van der Waals surface area contributed by atoms with E-state index in [1.807, 2.05) is 11.3 Å². The van der Waals surface area contributed by atoms with Crippen LogP contribution in [0, 0.1) is 0 Å². The van der Waals surface area contributed by atoms with Crippen molar-refractivity contribution >= 4 is 86.5 Å². The Bertz CT molecular complexity index is 3040. The summed E-state index contributed by atoms with van der Waals surface area (Å²) in [7, 11) is 0. The summed E-state index contributed by atoms with van der Waals surface area (Å²) >= 11 is 1.90. The molecule has 1 aliphatic heterocycles. The maximum absolute atomic E-state index is 5.43. The van der Waals surface area contributed by atoms with Gasteiger partial charge >= 0.3 is 0 Å². The van der Waals surface area contributed by atoms with Gasteiger partial charge in [0.25, 0.3) is 0 Å². The number of aliphatic imine (C=N–C) groups is 1. The maximum atomic E-state index is 5.43. The van der Waals surface area contributed by atoms with Crippen LogP contribution < -0.4 is 5.32 Å². The van der Waals surface area contributed by atoms with Gasteiger partial charge in [-0.15, -0.1) is 11.3 Å². The molecule has 0 fully saturated rings. The Morgan fingerprint density at radius 1 is 0.510 bits per heavy atom. The Hall–Kier alpha value is -6.43. The van der Waals surface area contributed by atoms with E-state index in [1.54, 1.807) is 0 Å². The molecule has 5 heteroatoms. The molecule has 1 aliphatic rings. The van der Waals surface area contributed by atoms with Crippen molar-refractivity contribution in [2.24, 2.45) is 4.99 Å². The number of nitrogens with one attached hydrogen (secondary N) is 1. The van der Waals surface area contributed by atoms with Crippen LogP contribution in [0.1, 0.15) is 17.4 Å². The average molecular weight is 671 g/mol. The zero-order valence-corrected chi connectivity index (χ0v) is 28.3. The van der Waals surface area contributed by atoms with Crippen molar-refractivity contribution in [2.75, 3.05) is 0 Å². The van der Waals surface area contributed by atoms with Crippen LogP contribution in [0.4, 0.5) is 0 Å². The second-order valence-corrected chi connectivity index (χ2v) is 14.3. The third-order valence-corrected chi connectivity index (χ3v) is 11.5. The summed E-state index contributed by atoms with van der Waals surface area (Å²) < 4.78 is 7.49. The Labute approximate surface area is 297 Å². The van der Waals surface area contributed by atoms with Crippen molar-refractivity contribution in [2.45, 2.75) is 6.29 Å². The third kappa shape index (κ3) is 4.28. The number of hydrogen-bond donors (Lipinski definition) is 1. The van der Waals surface area contributed by atoms with Crippen LogP contribution in [0.15, 0.2) is 175 Å². The fourth-order valence-corrected chi connectivity index (χ4v) is 9.34. The molecule has 4 heterocycles. The minimum absolute atomic E-state index is 0.371. The molecule has 7 aromatic carbocycles. The van der Waals surface area contributed by atoms with Crippen molar-refractivity contribution in [3.05, 3.63) is 181 Å². The lowest BCUT2D eigenvalue weighted by atomic mass is 10.0. The molecule has 11 rings (SSSR count). The van der Waals surface area contributed by atoms with E-state index >= 15 is 0 Å². The molecular formula is C46H30N4S. The number of aromatic nitrogens is 2. The number of allylic oxidation sites excluding steroid dienone is 1. The van der Waals surface area contributed by atoms with Gasteiger partial charge in [0.05, 0.1) is 27.8 Å². The van der Waals surface area contributed by atoms with Gasteiger partial charge in [-0.3, -0.25) is 0 Å². The largest absolute Gasteiger partial charge is 0.346 e. The first kappa shape index (κ1) is 28.4. The second-order valence-electron chi connectivity index (χ2n) is 13.2. The standard InChI is InChI=1S/C46H30N4S/c1-4-14-29(15-5-1)37-27-38(30-16-6-2-7-17-30)48-46(47-37)50-39-22-12-10-20-32(39)35-26-36-42(28-41(35)50)49(31-18-8-3-9-19-31)40-25-24-34-33-21-11-13-23-43(33)51-45(34)44(36)40/h1-28,46-47H. The molecule has 10 aromatic rings. The number of fused-ring (bicyclic) bond motifs is 10. The topological polar surface area (TPSA) is 34.2 Å². The lowest BCUT2D eigenvalue weighted by molar-refractivity contribution is 0.508. The van der Waals surface area contributed by atoms with Gasteiger partial charge in [0.1, 0.15) is 0 Å². The van der Waals surface area contributed by atoms with Crippen LogP contribution in [-0.4, -0.2) is 14.8 Å². The van der Waals surface area contributed by atoms with Crippen molar-refractivity contribution in [3.63, 3.8) is 0 Å². The minimum Gasteiger partial charge on any atom is -0.346 e. The lowest BCUT2D eigenvalue weighted by Gasteiger charge is -2.27. The van der Waals surface area contributed by atoms with Crippen molar-refractivity contribution in [1.29, 1.82) is 0 Å². The highest BCUT2D eigenvalue weighted by atomic mass is 32.1. The third-order valence-electron chi connectivity index (χ3n) is 10.3. The molecule has 0 spiro atoms. The smallest absolute Gasteiger partial charge is 0.201 e. The summed E-state index contributed by atoms with van der Waals surface area (Å²) in [5.74, 6) is 0. The molecule has 4 nitrogen and oxygen atoms in total. The Morgan fingerprint density at radius 3 is 2.00 bits per heavy atom. The van der Waals surface area contributed by atoms with Gasteiger partial charge in [0.15, 0.2) is 0 Å².